The summed E-state index contributed by atoms with van der Waals surface area (Å²) in [5.41, 5.74) is 8.81. The van der Waals surface area contributed by atoms with E-state index in [9.17, 15) is 0 Å². The minimum atomic E-state index is -1.08. The van der Waals surface area contributed by atoms with Crippen molar-refractivity contribution in [1.82, 2.24) is 9.13 Å². The highest BCUT2D eigenvalue weighted by Crippen LogP contribution is 2.54. The van der Waals surface area contributed by atoms with E-state index in [1.54, 1.807) is 0 Å². The number of rotatable bonds is 1. The molecule has 17 rings (SSSR count). The summed E-state index contributed by atoms with van der Waals surface area (Å²) < 4.78 is 10.1. The molecule has 286 valence electrons. The minimum Gasteiger partial charge on any atom is -0.216 e. The molecule has 2 aromatic heterocycles. The lowest BCUT2D eigenvalue weighted by Crippen LogP contribution is -2.72. The maximum Gasteiger partial charge on any atom is 0.423 e. The van der Waals surface area contributed by atoms with Crippen LogP contribution in [-0.4, -0.2) is 41.5 Å². The summed E-state index contributed by atoms with van der Waals surface area (Å²) >= 11 is 0. The molecule has 0 amide bonds. The van der Waals surface area contributed by atoms with Gasteiger partial charge in [0.2, 0.25) is 11.3 Å². The third-order valence-corrected chi connectivity index (χ3v) is 14.6. The monoisotopic (exact) mass is 799 g/mol. The van der Waals surface area contributed by atoms with E-state index >= 15 is 0 Å². The van der Waals surface area contributed by atoms with Gasteiger partial charge in [-0.2, -0.15) is 4.57 Å². The Morgan fingerprint density at radius 1 is 0.381 bits per heavy atom. The summed E-state index contributed by atoms with van der Waals surface area (Å²) in [6.45, 7) is 0. The van der Waals surface area contributed by atoms with Gasteiger partial charge in [0.15, 0.2) is 5.71 Å². The first-order chi connectivity index (χ1) is 31.2. The molecule has 0 aliphatic carbocycles. The maximum atomic E-state index is 5.90. The molecule has 0 N–H and O–H groups in total. The first-order valence-corrected chi connectivity index (χ1v) is 21.6. The van der Waals surface area contributed by atoms with Crippen molar-refractivity contribution < 1.29 is 9.15 Å². The number of aliphatic imine (C=N–C) groups is 2. The summed E-state index contributed by atoms with van der Waals surface area (Å²) in [6.07, 6.45) is 0. The van der Waals surface area contributed by atoms with E-state index < -0.39 is 5.91 Å². The van der Waals surface area contributed by atoms with Crippen LogP contribution in [0, 0.1) is 0 Å². The van der Waals surface area contributed by atoms with Crippen molar-refractivity contribution in [3.63, 3.8) is 0 Å². The Labute approximate surface area is 357 Å². The zero-order valence-electron chi connectivity index (χ0n) is 33.4. The second kappa shape index (κ2) is 10.3. The predicted octanol–water partition coefficient (Wildman–Crippen LogP) is 9.94. The van der Waals surface area contributed by atoms with Crippen molar-refractivity contribution in [1.29, 1.82) is 0 Å². The van der Waals surface area contributed by atoms with Crippen LogP contribution in [0.25, 0.3) is 70.2 Å². The molecule has 63 heavy (non-hydrogen) atoms. The van der Waals surface area contributed by atoms with Gasteiger partial charge in [-0.05, 0) is 102 Å². The Hall–Kier alpha value is -8.55. The molecular weight excluding hydrogens is 771 g/mol. The Balaban J connectivity index is 1.19. The van der Waals surface area contributed by atoms with Gasteiger partial charge in [-0.3, -0.25) is 0 Å². The van der Waals surface area contributed by atoms with E-state index in [4.69, 9.17) is 15.0 Å². The summed E-state index contributed by atoms with van der Waals surface area (Å²) in [6, 6.07) is 64.6. The van der Waals surface area contributed by atoms with Crippen LogP contribution in [0.4, 0.5) is 11.6 Å². The van der Waals surface area contributed by atoms with Gasteiger partial charge in [0, 0.05) is 21.7 Å². The molecule has 0 bridgehead atoms. The first kappa shape index (κ1) is 31.3. The molecule has 1 spiro atoms. The van der Waals surface area contributed by atoms with E-state index in [1.807, 2.05) is 0 Å². The van der Waals surface area contributed by atoms with Crippen molar-refractivity contribution in [2.45, 2.75) is 5.91 Å². The van der Waals surface area contributed by atoms with Crippen LogP contribution in [0.2, 0.25) is 0 Å². The molecule has 7 heteroatoms. The minimum absolute atomic E-state index is 0.894. The van der Waals surface area contributed by atoms with E-state index in [2.05, 4.69) is 194 Å². The predicted molar refractivity (Wildman–Crippen MR) is 251 cm³/mol. The fraction of sp³-hybridized carbons (Fsp3) is 0.0179. The van der Waals surface area contributed by atoms with E-state index in [-0.39, 0.29) is 0 Å². The number of amidine groups is 3. The van der Waals surface area contributed by atoms with Crippen molar-refractivity contribution in [3.05, 3.63) is 215 Å². The normalized spacial score (nSPS) is 18.1. The van der Waals surface area contributed by atoms with Crippen molar-refractivity contribution in [2.24, 2.45) is 15.0 Å². The van der Waals surface area contributed by atoms with Crippen LogP contribution >= 0.6 is 0 Å². The number of benzene rings is 9. The number of fused-ring (bicyclic) bond motifs is 16. The van der Waals surface area contributed by atoms with Gasteiger partial charge < -0.3 is 0 Å². The molecule has 6 aliphatic heterocycles. The van der Waals surface area contributed by atoms with Crippen LogP contribution in [0.5, 0.6) is 0 Å². The van der Waals surface area contributed by atoms with Crippen LogP contribution in [-0.2, 0) is 5.91 Å². The molecule has 1 unspecified atom stereocenters. The molecular formula is C56H29N7+2. The molecule has 9 aromatic carbocycles. The molecule has 0 fully saturated rings. The van der Waals surface area contributed by atoms with Crippen LogP contribution in [0.1, 0.15) is 27.8 Å². The summed E-state index contributed by atoms with van der Waals surface area (Å²) in [5, 5.41) is 15.0. The van der Waals surface area contributed by atoms with Gasteiger partial charge >= 0.3 is 11.7 Å². The fourth-order valence-corrected chi connectivity index (χ4v) is 12.0. The molecule has 0 radical (unpaired) electrons. The lowest BCUT2D eigenvalue weighted by Gasteiger charge is -2.41. The molecule has 0 saturated heterocycles. The average molecular weight is 800 g/mol. The van der Waals surface area contributed by atoms with Crippen molar-refractivity contribution >= 4 is 105 Å². The number of hydrogen-bond acceptors (Lipinski definition) is 3. The maximum absolute atomic E-state index is 5.90. The van der Waals surface area contributed by atoms with Crippen molar-refractivity contribution in [2.75, 3.05) is 0 Å². The van der Waals surface area contributed by atoms with Gasteiger partial charge in [0.05, 0.1) is 33.0 Å². The number of nitrogens with zero attached hydrogens (tertiary/aromatic N) is 7. The van der Waals surface area contributed by atoms with Gasteiger partial charge in [-0.1, -0.05) is 137 Å². The van der Waals surface area contributed by atoms with Crippen LogP contribution in [0.15, 0.2) is 191 Å². The standard InChI is InChI=1S/C56H29N7/c1-2-12-30(13-3-1)47-48-39-22-31-14-4-6-16-33(31)24-41(39)50-57-52-43-26-35-18-8-10-20-37(35)28-45(43)54-59-55-46-29-38-21-11-9-19-36(38)27-44(46)53-58-51-42-25-34-17-7-5-15-32(34)23-40(42)49(47)61(51)56(60(48)50,62(52)54)63(53)55/h1-29H/q+2. The smallest absolute Gasteiger partial charge is 0.216 e. The van der Waals surface area contributed by atoms with E-state index in [0.29, 0.717) is 0 Å². The third kappa shape index (κ3) is 3.42. The molecule has 11 aromatic rings. The number of hydrogen-bond donors (Lipinski definition) is 0. The Morgan fingerprint density at radius 3 is 1.40 bits per heavy atom. The molecule has 7 nitrogen and oxygen atoms in total. The summed E-state index contributed by atoms with van der Waals surface area (Å²) in [4.78, 5) is 17.6. The molecule has 6 aliphatic rings. The number of aromatic nitrogens is 2. The fourth-order valence-electron chi connectivity index (χ4n) is 12.0. The second-order valence-corrected chi connectivity index (χ2v) is 17.6. The lowest BCUT2D eigenvalue weighted by molar-refractivity contribution is -0.789. The molecule has 0 saturated carbocycles. The van der Waals surface area contributed by atoms with E-state index in [1.165, 1.54) is 54.0 Å². The highest BCUT2D eigenvalue weighted by Gasteiger charge is 2.70. The largest absolute Gasteiger partial charge is 0.423 e. The van der Waals surface area contributed by atoms with Gasteiger partial charge in [-0.25, -0.2) is 4.57 Å². The second-order valence-electron chi connectivity index (χ2n) is 17.6. The topological polar surface area (TPSA) is 53.0 Å². The Bertz CT molecular complexity index is 4370. The third-order valence-electron chi connectivity index (χ3n) is 14.6. The van der Waals surface area contributed by atoms with E-state index in [0.717, 1.165) is 89.7 Å². The van der Waals surface area contributed by atoms with Crippen LogP contribution in [0.3, 0.4) is 0 Å². The average Bonchev–Trinajstić information content (AvgIpc) is 4.03. The first-order valence-electron chi connectivity index (χ1n) is 21.6. The van der Waals surface area contributed by atoms with Gasteiger partial charge in [0.25, 0.3) is 17.5 Å². The zero-order chi connectivity index (χ0) is 40.4. The van der Waals surface area contributed by atoms with Crippen LogP contribution < -0.4 is 10.8 Å². The van der Waals surface area contributed by atoms with Crippen molar-refractivity contribution in [3.8, 4) is 0 Å². The SMILES string of the molecule is c1ccc(C2=c3c4cc5ccccc5cc4c4n3C35n6c(c7cc8ccccc8cc7c6N=C6c7cc8ccccc8cc7C2=[N+]63)N=C2c3cc6ccccc6cc3C(=[N+]25)N=4)cc1. The summed E-state index contributed by atoms with van der Waals surface area (Å²) in [7, 11) is 0. The highest BCUT2D eigenvalue weighted by molar-refractivity contribution is 6.37. The summed E-state index contributed by atoms with van der Waals surface area (Å²) in [5.74, 6) is 3.42. The molecule has 8 heterocycles. The zero-order valence-corrected chi connectivity index (χ0v) is 33.4. The molecule has 1 atom stereocenters. The Morgan fingerprint density at radius 2 is 0.825 bits per heavy atom. The highest BCUT2D eigenvalue weighted by atomic mass is 15.7. The Kier molecular flexibility index (Phi) is 5.13. The van der Waals surface area contributed by atoms with Gasteiger partial charge in [-0.15, -0.1) is 9.15 Å². The van der Waals surface area contributed by atoms with Gasteiger partial charge in [0.1, 0.15) is 0 Å². The lowest BCUT2D eigenvalue weighted by atomic mass is 9.91. The quantitative estimate of drug-likeness (QED) is 0.149.